The molecule has 0 spiro atoms. The van der Waals surface area contributed by atoms with Gasteiger partial charge < -0.3 is 28.4 Å². The molecule has 0 amide bonds. The number of nitrogens with zero attached hydrogens (tertiary/aromatic N) is 2. The smallest absolute Gasteiger partial charge is 0.344 e. The second-order valence-corrected chi connectivity index (χ2v) is 12.4. The van der Waals surface area contributed by atoms with Gasteiger partial charge in [-0.2, -0.15) is 0 Å². The molecule has 0 aliphatic carbocycles. The fourth-order valence-corrected chi connectivity index (χ4v) is 6.70. The van der Waals surface area contributed by atoms with E-state index in [0.717, 1.165) is 0 Å². The number of hydrogen-bond acceptors (Lipinski definition) is 11. The number of rotatable bonds is 13. The summed E-state index contributed by atoms with van der Waals surface area (Å²) in [5, 5.41) is 0. The average molecular weight is 765 g/mol. The molecule has 2 aromatic carbocycles. The number of halogens is 1. The van der Waals surface area contributed by atoms with E-state index in [1.54, 1.807) is 45.0 Å². The summed E-state index contributed by atoms with van der Waals surface area (Å²) in [6.45, 7) is 11.4. The molecule has 0 radical (unpaired) electrons. The van der Waals surface area contributed by atoms with Crippen LogP contribution in [-0.2, 0) is 19.1 Å². The van der Waals surface area contributed by atoms with Crippen LogP contribution in [0.3, 0.4) is 0 Å². The molecule has 0 saturated carbocycles. The second-order valence-electron chi connectivity index (χ2n) is 10.2. The lowest BCUT2D eigenvalue weighted by Gasteiger charge is -2.25. The van der Waals surface area contributed by atoms with Crippen LogP contribution in [0, 0.1) is 3.57 Å². The van der Waals surface area contributed by atoms with Crippen molar-refractivity contribution in [3.05, 3.63) is 76.0 Å². The molecule has 0 bridgehead atoms. The third kappa shape index (κ3) is 7.74. The van der Waals surface area contributed by atoms with Crippen molar-refractivity contribution in [1.29, 1.82) is 0 Å². The predicted octanol–water partition coefficient (Wildman–Crippen LogP) is 4.54. The van der Waals surface area contributed by atoms with Crippen LogP contribution in [0.2, 0.25) is 0 Å². The Morgan fingerprint density at radius 1 is 1.02 bits per heavy atom. The Morgan fingerprint density at radius 3 is 2.41 bits per heavy atom. The van der Waals surface area contributed by atoms with Gasteiger partial charge in [0.15, 0.2) is 34.4 Å². The first-order valence-electron chi connectivity index (χ1n) is 14.8. The van der Waals surface area contributed by atoms with Gasteiger partial charge in [-0.1, -0.05) is 17.4 Å². The van der Waals surface area contributed by atoms with Gasteiger partial charge in [-0.25, -0.2) is 14.6 Å². The van der Waals surface area contributed by atoms with Crippen LogP contribution in [0.4, 0.5) is 0 Å². The number of allylic oxidation sites excluding steroid dienone is 1. The Bertz CT molecular complexity index is 1830. The van der Waals surface area contributed by atoms with Crippen molar-refractivity contribution in [3.8, 4) is 23.0 Å². The standard InChI is InChI=1S/C33H37IN2O9S/c1-8-41-25-14-20(13-22(34)30(25)44-17-27(37)42-9-2)15-26-31(38)36-29(21-11-12-23(45-18(4)5)24(16-21)40-7)28(32(39)43-10-3)19(6)35-33(36)46-26/h11-16,18,29H,8-10,17H2,1-7H3/b26-15-/t29-/m0/s1. The number of aromatic nitrogens is 1. The Morgan fingerprint density at radius 2 is 1.76 bits per heavy atom. The van der Waals surface area contributed by atoms with E-state index in [9.17, 15) is 14.4 Å². The Hall–Kier alpha value is -3.85. The molecule has 11 nitrogen and oxygen atoms in total. The van der Waals surface area contributed by atoms with Gasteiger partial charge in [0.1, 0.15) is 0 Å². The van der Waals surface area contributed by atoms with Gasteiger partial charge in [-0.05, 0) is 106 Å². The Labute approximate surface area is 284 Å². The highest BCUT2D eigenvalue weighted by Crippen LogP contribution is 2.37. The van der Waals surface area contributed by atoms with Crippen molar-refractivity contribution in [2.75, 3.05) is 33.5 Å². The maximum Gasteiger partial charge on any atom is 0.344 e. The summed E-state index contributed by atoms with van der Waals surface area (Å²) in [5.74, 6) is 0.793. The molecule has 3 aromatic rings. The fourth-order valence-electron chi connectivity index (χ4n) is 4.87. The Balaban J connectivity index is 1.86. The fraction of sp³-hybridized carbons (Fsp3) is 0.394. The van der Waals surface area contributed by atoms with Crippen LogP contribution in [0.5, 0.6) is 23.0 Å². The third-order valence-electron chi connectivity index (χ3n) is 6.65. The maximum absolute atomic E-state index is 14.1. The lowest BCUT2D eigenvalue weighted by Crippen LogP contribution is -2.40. The molecule has 46 heavy (non-hydrogen) atoms. The van der Waals surface area contributed by atoms with Gasteiger partial charge in [0, 0.05) is 0 Å². The lowest BCUT2D eigenvalue weighted by atomic mass is 9.95. The number of benzene rings is 2. The SMILES string of the molecule is CCOC(=O)COc1c(I)cc(/C=c2\sc3n(c2=O)[C@@H](c2ccc(OC(C)C)c(OC)c2)C(C(=O)OCC)=C(C)N=3)cc1OCC. The van der Waals surface area contributed by atoms with Crippen molar-refractivity contribution in [3.63, 3.8) is 0 Å². The van der Waals surface area contributed by atoms with E-state index in [0.29, 0.717) is 59.3 Å². The van der Waals surface area contributed by atoms with Crippen LogP contribution in [0.1, 0.15) is 58.7 Å². The zero-order valence-corrected chi connectivity index (χ0v) is 29.8. The molecule has 1 aliphatic heterocycles. The molecule has 1 aromatic heterocycles. The van der Waals surface area contributed by atoms with E-state index in [2.05, 4.69) is 27.6 Å². The summed E-state index contributed by atoms with van der Waals surface area (Å²) in [6.07, 6.45) is 1.66. The molecule has 1 atom stereocenters. The summed E-state index contributed by atoms with van der Waals surface area (Å²) in [4.78, 5) is 44.4. The number of carbonyl (C=O) groups is 2. The van der Waals surface area contributed by atoms with Gasteiger partial charge in [-0.15, -0.1) is 0 Å². The quantitative estimate of drug-likeness (QED) is 0.182. The number of methoxy groups -OCH3 is 1. The molecular weight excluding hydrogens is 727 g/mol. The first-order chi connectivity index (χ1) is 22.0. The van der Waals surface area contributed by atoms with Crippen molar-refractivity contribution < 1.29 is 38.0 Å². The maximum atomic E-state index is 14.1. The van der Waals surface area contributed by atoms with E-state index in [-0.39, 0.29) is 37.1 Å². The highest BCUT2D eigenvalue weighted by Gasteiger charge is 2.34. The first-order valence-corrected chi connectivity index (χ1v) is 16.7. The second kappa shape index (κ2) is 15.6. The zero-order valence-electron chi connectivity index (χ0n) is 26.8. The van der Waals surface area contributed by atoms with Crippen LogP contribution in [-0.4, -0.2) is 56.1 Å². The molecule has 0 N–H and O–H groups in total. The average Bonchev–Trinajstić information content (AvgIpc) is 3.30. The highest BCUT2D eigenvalue weighted by molar-refractivity contribution is 14.1. The highest BCUT2D eigenvalue weighted by atomic mass is 127. The van der Waals surface area contributed by atoms with Crippen molar-refractivity contribution >= 4 is 51.9 Å². The van der Waals surface area contributed by atoms with Crippen molar-refractivity contribution in [2.24, 2.45) is 4.99 Å². The summed E-state index contributed by atoms with van der Waals surface area (Å²) < 4.78 is 36.1. The van der Waals surface area contributed by atoms with Gasteiger partial charge in [0.2, 0.25) is 0 Å². The topological polar surface area (TPSA) is 124 Å². The molecule has 13 heteroatoms. The van der Waals surface area contributed by atoms with Crippen LogP contribution >= 0.6 is 33.9 Å². The number of fused-ring (bicyclic) bond motifs is 1. The van der Waals surface area contributed by atoms with Crippen LogP contribution < -0.4 is 33.8 Å². The molecule has 246 valence electrons. The largest absolute Gasteiger partial charge is 0.493 e. The molecule has 0 saturated heterocycles. The summed E-state index contributed by atoms with van der Waals surface area (Å²) in [7, 11) is 1.54. The van der Waals surface area contributed by atoms with Gasteiger partial charge >= 0.3 is 11.9 Å². The number of thiazole rings is 1. The van der Waals surface area contributed by atoms with E-state index in [4.69, 9.17) is 28.4 Å². The first kappa shape index (κ1) is 35.0. The summed E-state index contributed by atoms with van der Waals surface area (Å²) in [6, 6.07) is 8.10. The molecule has 2 heterocycles. The number of esters is 2. The number of carbonyl (C=O) groups excluding carboxylic acids is 2. The van der Waals surface area contributed by atoms with Crippen molar-refractivity contribution in [1.82, 2.24) is 4.57 Å². The monoisotopic (exact) mass is 764 g/mol. The minimum atomic E-state index is -0.822. The molecule has 0 fully saturated rings. The minimum absolute atomic E-state index is 0.0841. The van der Waals surface area contributed by atoms with Crippen LogP contribution in [0.25, 0.3) is 6.08 Å². The minimum Gasteiger partial charge on any atom is -0.493 e. The summed E-state index contributed by atoms with van der Waals surface area (Å²) in [5.41, 5.74) is 1.69. The lowest BCUT2D eigenvalue weighted by molar-refractivity contribution is -0.145. The van der Waals surface area contributed by atoms with E-state index >= 15 is 0 Å². The van der Waals surface area contributed by atoms with Crippen molar-refractivity contribution in [2.45, 2.75) is 53.7 Å². The normalized spacial score (nSPS) is 14.5. The zero-order chi connectivity index (χ0) is 33.5. The third-order valence-corrected chi connectivity index (χ3v) is 8.44. The summed E-state index contributed by atoms with van der Waals surface area (Å²) >= 11 is 3.31. The molecule has 4 rings (SSSR count). The van der Waals surface area contributed by atoms with Gasteiger partial charge in [-0.3, -0.25) is 9.36 Å². The van der Waals surface area contributed by atoms with E-state index in [1.165, 1.54) is 23.0 Å². The number of ether oxygens (including phenoxy) is 6. The molecule has 0 unspecified atom stereocenters. The van der Waals surface area contributed by atoms with Gasteiger partial charge in [0.05, 0.1) is 58.4 Å². The Kier molecular flexibility index (Phi) is 11.9. The van der Waals surface area contributed by atoms with E-state index < -0.39 is 18.0 Å². The van der Waals surface area contributed by atoms with Crippen LogP contribution in [0.15, 0.2) is 51.4 Å². The molecule has 1 aliphatic rings. The van der Waals surface area contributed by atoms with Gasteiger partial charge in [0.25, 0.3) is 5.56 Å². The van der Waals surface area contributed by atoms with E-state index in [1.807, 2.05) is 32.9 Å². The molecular formula is C33H37IN2O9S. The predicted molar refractivity (Wildman–Crippen MR) is 182 cm³/mol. The number of hydrogen-bond donors (Lipinski definition) is 0.